The van der Waals surface area contributed by atoms with Gasteiger partial charge in [-0.3, -0.25) is 0 Å². The van der Waals surface area contributed by atoms with Crippen LogP contribution in [0.3, 0.4) is 0 Å². The molecule has 5 nitrogen and oxygen atoms in total. The second kappa shape index (κ2) is 8.55. The van der Waals surface area contributed by atoms with Crippen LogP contribution in [0.1, 0.15) is 47.8 Å². The monoisotopic (exact) mass is 415 g/mol. The Morgan fingerprint density at radius 3 is 2.70 bits per heavy atom. The van der Waals surface area contributed by atoms with E-state index in [0.717, 1.165) is 48.0 Å². The topological polar surface area (TPSA) is 55.6 Å². The second-order valence-electron chi connectivity index (χ2n) is 7.81. The first-order valence-electron chi connectivity index (χ1n) is 10.2. The van der Waals surface area contributed by atoms with Crippen molar-refractivity contribution in [2.75, 3.05) is 6.54 Å². The van der Waals surface area contributed by atoms with Crippen LogP contribution >= 0.6 is 0 Å². The number of aryl methyl sites for hydroxylation is 2. The molecule has 0 unspecified atom stereocenters. The van der Waals surface area contributed by atoms with E-state index >= 15 is 0 Å². The zero-order valence-electron chi connectivity index (χ0n) is 16.7. The zero-order chi connectivity index (χ0) is 21.1. The number of nitrogens with zero attached hydrogens (tertiary/aromatic N) is 4. The minimum absolute atomic E-state index is 0.305. The summed E-state index contributed by atoms with van der Waals surface area (Å²) in [7, 11) is 0. The number of hydrogen-bond acceptors (Lipinski definition) is 4. The molecular weight excluding hydrogens is 391 g/mol. The third-order valence-electron chi connectivity index (χ3n) is 5.83. The van der Waals surface area contributed by atoms with Gasteiger partial charge in [0.1, 0.15) is 0 Å². The van der Waals surface area contributed by atoms with Gasteiger partial charge in [0.2, 0.25) is 0 Å². The number of halogens is 3. The van der Waals surface area contributed by atoms with E-state index in [2.05, 4.69) is 45.1 Å². The van der Waals surface area contributed by atoms with Crippen LogP contribution in [0.25, 0.3) is 5.69 Å². The largest absolute Gasteiger partial charge is 0.453 e. The fourth-order valence-corrected chi connectivity index (χ4v) is 4.25. The predicted molar refractivity (Wildman–Crippen MR) is 107 cm³/mol. The predicted octanol–water partition coefficient (Wildman–Crippen LogP) is 4.66. The van der Waals surface area contributed by atoms with E-state index in [1.807, 2.05) is 19.1 Å². The number of aromatic nitrogens is 4. The molecule has 2 heterocycles. The average molecular weight is 415 g/mol. The molecule has 8 heteroatoms. The van der Waals surface area contributed by atoms with Crippen LogP contribution in [0.5, 0.6) is 0 Å². The Balaban J connectivity index is 1.54. The standard InChI is InChI=1S/C22H24F3N5/c1-15-9-12-19(30-21(22(23,24)25)27-28-29-30)14-18(15)11-10-17-8-5-13-26-20(17)16-6-3-2-4-7-16/h2-4,6-7,9,12,14,17,20,26H,5,8,10-11,13H2,1H3/t17-,20+/m1/s1. The molecule has 158 valence electrons. The third-order valence-corrected chi connectivity index (χ3v) is 5.83. The smallest absolute Gasteiger partial charge is 0.310 e. The van der Waals surface area contributed by atoms with E-state index in [0.29, 0.717) is 17.6 Å². The van der Waals surface area contributed by atoms with Crippen molar-refractivity contribution in [3.63, 3.8) is 0 Å². The summed E-state index contributed by atoms with van der Waals surface area (Å²) in [5, 5.41) is 13.6. The molecule has 2 atom stereocenters. The lowest BCUT2D eigenvalue weighted by Crippen LogP contribution is -2.34. The molecule has 1 fully saturated rings. The molecular formula is C22H24F3N5. The van der Waals surface area contributed by atoms with Gasteiger partial charge in [0.05, 0.1) is 5.69 Å². The fourth-order valence-electron chi connectivity index (χ4n) is 4.25. The lowest BCUT2D eigenvalue weighted by atomic mass is 9.82. The molecule has 0 aliphatic carbocycles. The number of piperidine rings is 1. The van der Waals surface area contributed by atoms with Gasteiger partial charge in [-0.2, -0.15) is 17.9 Å². The van der Waals surface area contributed by atoms with Crippen LogP contribution in [0.4, 0.5) is 13.2 Å². The van der Waals surface area contributed by atoms with Crippen LogP contribution in [-0.4, -0.2) is 26.8 Å². The Hall–Kier alpha value is -2.74. The van der Waals surface area contributed by atoms with Gasteiger partial charge in [0.25, 0.3) is 5.82 Å². The molecule has 0 spiro atoms. The van der Waals surface area contributed by atoms with Crippen LogP contribution in [0.15, 0.2) is 48.5 Å². The zero-order valence-corrected chi connectivity index (χ0v) is 16.7. The third kappa shape index (κ3) is 4.38. The second-order valence-corrected chi connectivity index (χ2v) is 7.81. The van der Waals surface area contributed by atoms with E-state index in [1.165, 1.54) is 5.56 Å². The molecule has 0 bridgehead atoms. The molecule has 1 N–H and O–H groups in total. The molecule has 4 rings (SSSR count). The fraction of sp³-hybridized carbons (Fsp3) is 0.409. The summed E-state index contributed by atoms with van der Waals surface area (Å²) in [6, 6.07) is 16.0. The van der Waals surface area contributed by atoms with Crippen molar-refractivity contribution < 1.29 is 13.2 Å². The summed E-state index contributed by atoms with van der Waals surface area (Å²) in [6.45, 7) is 2.99. The Labute approximate surface area is 173 Å². The number of hydrogen-bond donors (Lipinski definition) is 1. The van der Waals surface area contributed by atoms with Crippen molar-refractivity contribution in [1.82, 2.24) is 25.5 Å². The number of rotatable bonds is 5. The van der Waals surface area contributed by atoms with Crippen LogP contribution < -0.4 is 5.32 Å². The van der Waals surface area contributed by atoms with Gasteiger partial charge >= 0.3 is 6.18 Å². The quantitative estimate of drug-likeness (QED) is 0.658. The SMILES string of the molecule is Cc1ccc(-n2nnnc2C(F)(F)F)cc1CC[C@H]1CCCN[C@H]1c1ccccc1. The summed E-state index contributed by atoms with van der Waals surface area (Å²) >= 11 is 0. The highest BCUT2D eigenvalue weighted by atomic mass is 19.4. The van der Waals surface area contributed by atoms with E-state index in [9.17, 15) is 13.2 Å². The number of benzene rings is 2. The van der Waals surface area contributed by atoms with Gasteiger partial charge in [-0.15, -0.1) is 5.10 Å². The van der Waals surface area contributed by atoms with Crippen LogP contribution in [0.2, 0.25) is 0 Å². The number of nitrogens with one attached hydrogen (secondary N) is 1. The maximum Gasteiger partial charge on any atom is 0.453 e. The maximum atomic E-state index is 13.2. The van der Waals surface area contributed by atoms with Gasteiger partial charge in [-0.05, 0) is 84.3 Å². The van der Waals surface area contributed by atoms with Crippen LogP contribution in [0, 0.1) is 12.8 Å². The van der Waals surface area contributed by atoms with Crippen molar-refractivity contribution in [3.8, 4) is 5.69 Å². The Bertz CT molecular complexity index is 984. The maximum absolute atomic E-state index is 13.2. The van der Waals surface area contributed by atoms with E-state index in [1.54, 1.807) is 12.1 Å². The van der Waals surface area contributed by atoms with E-state index in [-0.39, 0.29) is 0 Å². The first-order valence-corrected chi connectivity index (χ1v) is 10.2. The molecule has 2 aromatic carbocycles. The summed E-state index contributed by atoms with van der Waals surface area (Å²) in [5.41, 5.74) is 3.69. The highest BCUT2D eigenvalue weighted by molar-refractivity contribution is 5.40. The molecule has 0 amide bonds. The average Bonchev–Trinajstić information content (AvgIpc) is 3.25. The van der Waals surface area contributed by atoms with E-state index < -0.39 is 12.0 Å². The highest BCUT2D eigenvalue weighted by Gasteiger charge is 2.38. The minimum atomic E-state index is -4.61. The lowest BCUT2D eigenvalue weighted by molar-refractivity contribution is -0.146. The number of tetrazole rings is 1. The highest BCUT2D eigenvalue weighted by Crippen LogP contribution is 2.33. The summed E-state index contributed by atoms with van der Waals surface area (Å²) in [5.74, 6) is -0.638. The van der Waals surface area contributed by atoms with Gasteiger partial charge < -0.3 is 5.32 Å². The minimum Gasteiger partial charge on any atom is -0.310 e. The first-order chi connectivity index (χ1) is 14.4. The van der Waals surface area contributed by atoms with Gasteiger partial charge in [-0.25, -0.2) is 0 Å². The van der Waals surface area contributed by atoms with Crippen LogP contribution in [-0.2, 0) is 12.6 Å². The molecule has 3 aromatic rings. The Morgan fingerprint density at radius 2 is 1.93 bits per heavy atom. The Morgan fingerprint density at radius 1 is 1.13 bits per heavy atom. The summed E-state index contributed by atoms with van der Waals surface area (Å²) in [6.07, 6.45) is -0.592. The van der Waals surface area contributed by atoms with Crippen molar-refractivity contribution in [2.24, 2.45) is 5.92 Å². The van der Waals surface area contributed by atoms with Gasteiger partial charge in [0.15, 0.2) is 0 Å². The number of alkyl halides is 3. The van der Waals surface area contributed by atoms with Gasteiger partial charge in [-0.1, -0.05) is 36.4 Å². The molecule has 1 aliphatic heterocycles. The molecule has 1 saturated heterocycles. The van der Waals surface area contributed by atoms with E-state index in [4.69, 9.17) is 0 Å². The molecule has 1 aliphatic rings. The summed E-state index contributed by atoms with van der Waals surface area (Å²) < 4.78 is 40.3. The molecule has 1 aromatic heterocycles. The normalized spacial score (nSPS) is 19.7. The molecule has 0 saturated carbocycles. The van der Waals surface area contributed by atoms with Crippen molar-refractivity contribution in [2.45, 2.75) is 44.8 Å². The Kier molecular flexibility index (Phi) is 5.85. The van der Waals surface area contributed by atoms with Crippen molar-refractivity contribution >= 4 is 0 Å². The van der Waals surface area contributed by atoms with Gasteiger partial charge in [0, 0.05) is 6.04 Å². The molecule has 30 heavy (non-hydrogen) atoms. The molecule has 0 radical (unpaired) electrons. The first kappa shape index (κ1) is 20.5. The van der Waals surface area contributed by atoms with Crippen molar-refractivity contribution in [1.29, 1.82) is 0 Å². The lowest BCUT2D eigenvalue weighted by Gasteiger charge is -2.33. The summed E-state index contributed by atoms with van der Waals surface area (Å²) in [4.78, 5) is 0. The van der Waals surface area contributed by atoms with Crippen molar-refractivity contribution in [3.05, 3.63) is 71.0 Å².